The van der Waals surface area contributed by atoms with Crippen LogP contribution in [0.3, 0.4) is 0 Å². The number of carbonyl (C=O) groups is 1. The Balaban J connectivity index is 1.68. The van der Waals surface area contributed by atoms with Gasteiger partial charge in [0.2, 0.25) is 0 Å². The Morgan fingerprint density at radius 1 is 1.24 bits per heavy atom. The van der Waals surface area contributed by atoms with Gasteiger partial charge < -0.3 is 14.8 Å². The first-order valence-corrected chi connectivity index (χ1v) is 10.6. The van der Waals surface area contributed by atoms with Crippen LogP contribution in [0.2, 0.25) is 0 Å². The molecular formula is C24H25F3N2O4. The number of alkyl halides is 3. The highest BCUT2D eigenvalue weighted by Crippen LogP contribution is 2.39. The number of benzene rings is 2. The molecule has 2 atom stereocenters. The summed E-state index contributed by atoms with van der Waals surface area (Å²) >= 11 is 0. The summed E-state index contributed by atoms with van der Waals surface area (Å²) in [5.41, 5.74) is 3.84. The monoisotopic (exact) mass is 462 g/mol. The highest BCUT2D eigenvalue weighted by Gasteiger charge is 2.38. The largest absolute Gasteiger partial charge is 0.522 e. The Bertz CT molecular complexity index is 1140. The molecule has 2 heterocycles. The number of carboxylic acid groups (broad SMARTS) is 1. The Hall–Kier alpha value is -3.04. The van der Waals surface area contributed by atoms with Gasteiger partial charge in [0.1, 0.15) is 5.75 Å². The molecule has 9 heteroatoms. The molecular weight excluding hydrogens is 437 g/mol. The summed E-state index contributed by atoms with van der Waals surface area (Å²) in [7, 11) is 1.60. The number of piperidine rings is 1. The zero-order valence-electron chi connectivity index (χ0n) is 18.3. The third-order valence-corrected chi connectivity index (χ3v) is 6.20. The molecule has 2 aromatic carbocycles. The molecule has 1 aliphatic rings. The van der Waals surface area contributed by atoms with Crippen LogP contribution in [0.25, 0.3) is 10.9 Å². The van der Waals surface area contributed by atoms with Crippen molar-refractivity contribution in [2.24, 2.45) is 0 Å². The molecule has 176 valence electrons. The standard InChI is InChI=1S/C24H25F3N2O4/c1-14-11-21(32-2)19(18-7-9-28-22(14)18)13-29-10-8-17(33-24(25,26)27)12-20(29)15-3-5-16(6-4-15)23(30)31/h3-7,9,11,17,20,28H,8,10,12-13H2,1-2H3,(H,30,31)/t17-,20+/m0/s1. The van der Waals surface area contributed by atoms with Crippen molar-refractivity contribution < 1.29 is 32.5 Å². The van der Waals surface area contributed by atoms with E-state index in [-0.39, 0.29) is 24.4 Å². The maximum absolute atomic E-state index is 12.9. The molecule has 33 heavy (non-hydrogen) atoms. The van der Waals surface area contributed by atoms with Crippen LogP contribution in [0.15, 0.2) is 42.6 Å². The molecule has 4 rings (SSSR count). The third-order valence-electron chi connectivity index (χ3n) is 6.20. The van der Waals surface area contributed by atoms with Crippen molar-refractivity contribution in [3.8, 4) is 5.75 Å². The van der Waals surface area contributed by atoms with Gasteiger partial charge in [0.05, 0.1) is 18.8 Å². The minimum atomic E-state index is -4.71. The van der Waals surface area contributed by atoms with Gasteiger partial charge in [0.25, 0.3) is 0 Å². The summed E-state index contributed by atoms with van der Waals surface area (Å²) in [6.07, 6.45) is -3.46. The fraction of sp³-hybridized carbons (Fsp3) is 0.375. The van der Waals surface area contributed by atoms with Crippen LogP contribution in [0.1, 0.15) is 45.9 Å². The maximum atomic E-state index is 12.9. The van der Waals surface area contributed by atoms with Crippen LogP contribution >= 0.6 is 0 Å². The van der Waals surface area contributed by atoms with Crippen LogP contribution in [0.4, 0.5) is 13.2 Å². The zero-order valence-corrected chi connectivity index (χ0v) is 18.3. The average Bonchev–Trinajstić information content (AvgIpc) is 3.26. The molecule has 1 aromatic heterocycles. The minimum absolute atomic E-state index is 0.124. The summed E-state index contributed by atoms with van der Waals surface area (Å²) in [4.78, 5) is 16.6. The lowest BCUT2D eigenvalue weighted by Gasteiger charge is -2.40. The first-order chi connectivity index (χ1) is 15.7. The van der Waals surface area contributed by atoms with Gasteiger partial charge in [-0.3, -0.25) is 9.64 Å². The summed E-state index contributed by atoms with van der Waals surface area (Å²) in [5, 5.41) is 10.2. The fourth-order valence-electron chi connectivity index (χ4n) is 4.65. The van der Waals surface area contributed by atoms with E-state index in [1.807, 2.05) is 25.3 Å². The summed E-state index contributed by atoms with van der Waals surface area (Å²) < 4.78 is 48.7. The number of nitrogens with one attached hydrogen (secondary N) is 1. The molecule has 3 aromatic rings. The summed E-state index contributed by atoms with van der Waals surface area (Å²) in [6.45, 7) is 2.83. The number of ether oxygens (including phenoxy) is 2. The predicted octanol–water partition coefficient (Wildman–Crippen LogP) is 5.43. The third kappa shape index (κ3) is 4.99. The van der Waals surface area contributed by atoms with Gasteiger partial charge in [0.15, 0.2) is 0 Å². The van der Waals surface area contributed by atoms with Gasteiger partial charge >= 0.3 is 12.3 Å². The Labute approximate surface area is 188 Å². The van der Waals surface area contributed by atoms with E-state index in [0.717, 1.165) is 27.6 Å². The number of hydrogen-bond acceptors (Lipinski definition) is 4. The number of fused-ring (bicyclic) bond motifs is 1. The molecule has 0 saturated carbocycles. The van der Waals surface area contributed by atoms with Crippen LogP contribution < -0.4 is 4.74 Å². The molecule has 6 nitrogen and oxygen atoms in total. The number of aromatic carboxylic acids is 1. The number of nitrogens with zero attached hydrogens (tertiary/aromatic N) is 1. The smallest absolute Gasteiger partial charge is 0.496 e. The van der Waals surface area contributed by atoms with Crippen molar-refractivity contribution in [2.75, 3.05) is 13.7 Å². The molecule has 0 bridgehead atoms. The quantitative estimate of drug-likeness (QED) is 0.511. The van der Waals surface area contributed by atoms with Gasteiger partial charge in [-0.1, -0.05) is 12.1 Å². The van der Waals surface area contributed by atoms with E-state index in [2.05, 4.69) is 14.6 Å². The number of methoxy groups -OCH3 is 1. The van der Waals surface area contributed by atoms with Crippen molar-refractivity contribution in [3.63, 3.8) is 0 Å². The number of H-pyrrole nitrogens is 1. The van der Waals surface area contributed by atoms with Crippen LogP contribution in [0.5, 0.6) is 5.75 Å². The van der Waals surface area contributed by atoms with E-state index in [1.54, 1.807) is 19.2 Å². The number of aryl methyl sites for hydroxylation is 1. The SMILES string of the molecule is COc1cc(C)c2[nH]ccc2c1CN1CC[C@H](OC(F)(F)F)C[C@@H]1c1ccc(C(=O)O)cc1. The molecule has 0 unspecified atom stereocenters. The lowest BCUT2D eigenvalue weighted by molar-refractivity contribution is -0.347. The fourth-order valence-corrected chi connectivity index (χ4v) is 4.65. The normalized spacial score (nSPS) is 19.7. The predicted molar refractivity (Wildman–Crippen MR) is 116 cm³/mol. The van der Waals surface area contributed by atoms with Gasteiger partial charge in [-0.15, -0.1) is 13.2 Å². The topological polar surface area (TPSA) is 74.8 Å². The van der Waals surface area contributed by atoms with E-state index < -0.39 is 18.4 Å². The van der Waals surface area contributed by atoms with Crippen molar-refractivity contribution >= 4 is 16.9 Å². The van der Waals surface area contributed by atoms with Crippen LogP contribution in [-0.2, 0) is 11.3 Å². The van der Waals surface area contributed by atoms with Crippen molar-refractivity contribution in [1.82, 2.24) is 9.88 Å². The van der Waals surface area contributed by atoms with E-state index in [4.69, 9.17) is 4.74 Å². The van der Waals surface area contributed by atoms with E-state index in [0.29, 0.717) is 18.8 Å². The van der Waals surface area contributed by atoms with Gasteiger partial charge in [-0.05, 0) is 55.2 Å². The molecule has 0 radical (unpaired) electrons. The molecule has 1 aliphatic heterocycles. The number of halogens is 3. The number of rotatable bonds is 6. The summed E-state index contributed by atoms with van der Waals surface area (Å²) in [6, 6.07) is 9.81. The van der Waals surface area contributed by atoms with Crippen LogP contribution in [-0.4, -0.2) is 47.1 Å². The second-order valence-electron chi connectivity index (χ2n) is 8.26. The van der Waals surface area contributed by atoms with Crippen LogP contribution in [0, 0.1) is 6.92 Å². The van der Waals surface area contributed by atoms with E-state index in [1.165, 1.54) is 12.1 Å². The zero-order chi connectivity index (χ0) is 23.8. The van der Waals surface area contributed by atoms with Gasteiger partial charge in [-0.2, -0.15) is 0 Å². The first kappa shape index (κ1) is 23.1. The van der Waals surface area contributed by atoms with Crippen molar-refractivity contribution in [1.29, 1.82) is 0 Å². The molecule has 2 N–H and O–H groups in total. The first-order valence-electron chi connectivity index (χ1n) is 10.6. The number of aromatic nitrogens is 1. The summed E-state index contributed by atoms with van der Waals surface area (Å²) in [5.74, 6) is -0.340. The van der Waals surface area contributed by atoms with Crippen molar-refractivity contribution in [2.45, 2.75) is 44.8 Å². The maximum Gasteiger partial charge on any atom is 0.522 e. The highest BCUT2D eigenvalue weighted by atomic mass is 19.4. The lowest BCUT2D eigenvalue weighted by atomic mass is 9.91. The highest BCUT2D eigenvalue weighted by molar-refractivity contribution is 5.88. The van der Waals surface area contributed by atoms with Crippen molar-refractivity contribution in [3.05, 3.63) is 64.8 Å². The van der Waals surface area contributed by atoms with Gasteiger partial charge in [-0.25, -0.2) is 4.79 Å². The molecule has 0 spiro atoms. The number of aromatic amines is 1. The van der Waals surface area contributed by atoms with E-state index in [9.17, 15) is 23.1 Å². The average molecular weight is 462 g/mol. The minimum Gasteiger partial charge on any atom is -0.496 e. The molecule has 0 amide bonds. The Kier molecular flexibility index (Phi) is 6.36. The second kappa shape index (κ2) is 9.07. The molecule has 0 aliphatic carbocycles. The Morgan fingerprint density at radius 3 is 2.61 bits per heavy atom. The second-order valence-corrected chi connectivity index (χ2v) is 8.26. The van der Waals surface area contributed by atoms with Gasteiger partial charge in [0, 0.05) is 41.8 Å². The number of hydrogen-bond donors (Lipinski definition) is 2. The molecule has 1 saturated heterocycles. The number of carboxylic acids is 1. The lowest BCUT2D eigenvalue weighted by Crippen LogP contribution is -2.41. The number of likely N-dealkylation sites (tertiary alicyclic amines) is 1. The Morgan fingerprint density at radius 2 is 1.97 bits per heavy atom. The van der Waals surface area contributed by atoms with E-state index >= 15 is 0 Å². The molecule has 1 fully saturated rings.